The number of nitrogens with zero attached hydrogens (tertiary/aromatic N) is 2. The summed E-state index contributed by atoms with van der Waals surface area (Å²) in [5.74, 6) is 0.106. The molecule has 3 rings (SSSR count). The van der Waals surface area contributed by atoms with E-state index in [4.69, 9.17) is 16.2 Å². The van der Waals surface area contributed by atoms with Gasteiger partial charge in [-0.2, -0.15) is 5.10 Å². The Balaban J connectivity index is 1.67. The Morgan fingerprint density at radius 2 is 1.80 bits per heavy atom. The number of hydrogen-bond donors (Lipinski definition) is 4. The van der Waals surface area contributed by atoms with E-state index in [1.165, 1.54) is 7.05 Å². The molecule has 6 N–H and O–H groups in total. The Kier molecular flexibility index (Phi) is 6.11. The van der Waals surface area contributed by atoms with Crippen molar-refractivity contribution in [3.63, 3.8) is 0 Å². The fourth-order valence-electron chi connectivity index (χ4n) is 2.88. The summed E-state index contributed by atoms with van der Waals surface area (Å²) in [6.07, 6.45) is 1.75. The van der Waals surface area contributed by atoms with Crippen molar-refractivity contribution in [2.24, 2.45) is 21.7 Å². The van der Waals surface area contributed by atoms with Gasteiger partial charge < -0.3 is 26.8 Å². The molecule has 154 valence electrons. The van der Waals surface area contributed by atoms with E-state index < -0.39 is 6.09 Å². The average molecular weight is 406 g/mol. The van der Waals surface area contributed by atoms with Gasteiger partial charge in [-0.1, -0.05) is 18.2 Å². The van der Waals surface area contributed by atoms with Crippen LogP contribution in [0.5, 0.6) is 5.75 Å². The zero-order valence-electron chi connectivity index (χ0n) is 16.6. The molecular weight excluding hydrogens is 384 g/mol. The topological polar surface area (TPSA) is 144 Å². The fraction of sp³-hybridized carbons (Fsp3) is 0.143. The molecule has 2 aromatic carbocycles. The number of amides is 2. The Labute approximate surface area is 173 Å². The van der Waals surface area contributed by atoms with E-state index in [2.05, 4.69) is 20.8 Å². The lowest BCUT2D eigenvalue weighted by molar-refractivity contribution is -0.112. The minimum absolute atomic E-state index is 0.114. The van der Waals surface area contributed by atoms with Crippen molar-refractivity contribution in [1.82, 2.24) is 5.32 Å². The number of nitrogens with one attached hydrogen (secondary N) is 2. The molecule has 2 amide bonds. The van der Waals surface area contributed by atoms with Gasteiger partial charge >= 0.3 is 6.09 Å². The van der Waals surface area contributed by atoms with Crippen LogP contribution < -0.4 is 26.8 Å². The molecule has 0 saturated heterocycles. The standard InChI is InChI=1S/C21H22N6O3/c1-12(26-27-20(22)23)13-3-6-17(7-4-13)25-19(28)16-9-14-5-8-18(11-15(14)10-16)30-21(29)24-2/h3-8,10-11H,9H2,1-2H3,(H,24,29)(H,25,28)(H4,22,23,27)/b26-12+. The van der Waals surface area contributed by atoms with Gasteiger partial charge in [-0.25, -0.2) is 4.79 Å². The predicted octanol–water partition coefficient (Wildman–Crippen LogP) is 1.98. The Morgan fingerprint density at radius 3 is 2.47 bits per heavy atom. The number of anilines is 1. The number of benzene rings is 2. The molecule has 0 heterocycles. The first kappa shape index (κ1) is 20.6. The lowest BCUT2D eigenvalue weighted by atomic mass is 10.1. The molecule has 9 heteroatoms. The summed E-state index contributed by atoms with van der Waals surface area (Å²) in [5.41, 5.74) is 15.1. The van der Waals surface area contributed by atoms with Crippen LogP contribution in [0.1, 0.15) is 23.6 Å². The van der Waals surface area contributed by atoms with E-state index in [0.29, 0.717) is 29.1 Å². The molecule has 0 saturated carbocycles. The lowest BCUT2D eigenvalue weighted by Crippen LogP contribution is -2.22. The van der Waals surface area contributed by atoms with Gasteiger partial charge in [0.15, 0.2) is 0 Å². The third-order valence-electron chi connectivity index (χ3n) is 4.41. The minimum Gasteiger partial charge on any atom is -0.410 e. The van der Waals surface area contributed by atoms with Gasteiger partial charge in [0.2, 0.25) is 5.96 Å². The number of guanidine groups is 1. The number of nitrogens with two attached hydrogens (primary N) is 2. The Morgan fingerprint density at radius 1 is 1.07 bits per heavy atom. The molecule has 2 aromatic rings. The number of ether oxygens (including phenoxy) is 1. The van der Waals surface area contributed by atoms with Crippen LogP contribution in [0.15, 0.2) is 58.2 Å². The summed E-state index contributed by atoms with van der Waals surface area (Å²) in [6, 6.07) is 12.5. The summed E-state index contributed by atoms with van der Waals surface area (Å²) >= 11 is 0. The first-order valence-electron chi connectivity index (χ1n) is 9.13. The van der Waals surface area contributed by atoms with Crippen LogP contribution in [0.3, 0.4) is 0 Å². The highest BCUT2D eigenvalue weighted by molar-refractivity contribution is 6.08. The quantitative estimate of drug-likeness (QED) is 0.341. The highest BCUT2D eigenvalue weighted by Gasteiger charge is 2.19. The van der Waals surface area contributed by atoms with Crippen LogP contribution in [-0.2, 0) is 11.2 Å². The molecule has 0 radical (unpaired) electrons. The normalized spacial score (nSPS) is 12.5. The fourth-order valence-corrected chi connectivity index (χ4v) is 2.88. The maximum absolute atomic E-state index is 12.6. The van der Waals surface area contributed by atoms with Gasteiger partial charge in [0.05, 0.1) is 5.71 Å². The van der Waals surface area contributed by atoms with Crippen LogP contribution in [0.25, 0.3) is 6.08 Å². The molecule has 0 aromatic heterocycles. The molecule has 30 heavy (non-hydrogen) atoms. The third kappa shape index (κ3) is 5.02. The van der Waals surface area contributed by atoms with Crippen LogP contribution in [0.4, 0.5) is 10.5 Å². The van der Waals surface area contributed by atoms with Crippen molar-refractivity contribution in [3.05, 3.63) is 64.7 Å². The first-order valence-corrected chi connectivity index (χ1v) is 9.13. The number of carbonyl (C=O) groups excluding carboxylic acids is 2. The smallest absolute Gasteiger partial charge is 0.410 e. The number of hydrogen-bond acceptors (Lipinski definition) is 5. The lowest BCUT2D eigenvalue weighted by Gasteiger charge is -2.07. The molecule has 0 spiro atoms. The van der Waals surface area contributed by atoms with Gasteiger partial charge in [0.1, 0.15) is 5.75 Å². The molecule has 0 aliphatic heterocycles. The van der Waals surface area contributed by atoms with Crippen molar-refractivity contribution < 1.29 is 14.3 Å². The van der Waals surface area contributed by atoms with Gasteiger partial charge in [-0.3, -0.25) is 4.79 Å². The number of fused-ring (bicyclic) bond motifs is 1. The molecule has 1 aliphatic rings. The van der Waals surface area contributed by atoms with Crippen LogP contribution >= 0.6 is 0 Å². The minimum atomic E-state index is -0.545. The van der Waals surface area contributed by atoms with E-state index in [-0.39, 0.29) is 11.9 Å². The third-order valence-corrected chi connectivity index (χ3v) is 4.41. The van der Waals surface area contributed by atoms with Gasteiger partial charge in [-0.05, 0) is 54.0 Å². The molecule has 0 bridgehead atoms. The number of rotatable bonds is 5. The maximum Gasteiger partial charge on any atom is 0.412 e. The van der Waals surface area contributed by atoms with Crippen molar-refractivity contribution >= 4 is 35.4 Å². The van der Waals surface area contributed by atoms with Crippen molar-refractivity contribution in [3.8, 4) is 5.75 Å². The van der Waals surface area contributed by atoms with Gasteiger partial charge in [0, 0.05) is 24.7 Å². The first-order chi connectivity index (χ1) is 14.4. The Hall–Kier alpha value is -4.14. The summed E-state index contributed by atoms with van der Waals surface area (Å²) < 4.78 is 5.13. The van der Waals surface area contributed by atoms with E-state index in [9.17, 15) is 9.59 Å². The molecule has 1 aliphatic carbocycles. The second-order valence-electron chi connectivity index (χ2n) is 6.59. The van der Waals surface area contributed by atoms with E-state index in [1.54, 1.807) is 37.3 Å². The molecule has 9 nitrogen and oxygen atoms in total. The summed E-state index contributed by atoms with van der Waals surface area (Å²) in [6.45, 7) is 1.78. The molecule has 0 unspecified atom stereocenters. The van der Waals surface area contributed by atoms with Crippen molar-refractivity contribution in [2.45, 2.75) is 13.3 Å². The average Bonchev–Trinajstić information content (AvgIpc) is 3.16. The summed E-state index contributed by atoms with van der Waals surface area (Å²) in [7, 11) is 1.49. The van der Waals surface area contributed by atoms with E-state index >= 15 is 0 Å². The second kappa shape index (κ2) is 8.91. The summed E-state index contributed by atoms with van der Waals surface area (Å²) in [5, 5.41) is 12.8. The summed E-state index contributed by atoms with van der Waals surface area (Å²) in [4.78, 5) is 24.0. The monoisotopic (exact) mass is 406 g/mol. The van der Waals surface area contributed by atoms with Crippen LogP contribution in [0.2, 0.25) is 0 Å². The molecule has 0 atom stereocenters. The largest absolute Gasteiger partial charge is 0.412 e. The second-order valence-corrected chi connectivity index (χ2v) is 6.59. The van der Waals surface area contributed by atoms with Crippen LogP contribution in [0, 0.1) is 0 Å². The Bertz CT molecular complexity index is 1070. The zero-order chi connectivity index (χ0) is 21.7. The zero-order valence-corrected chi connectivity index (χ0v) is 16.6. The van der Waals surface area contributed by atoms with Crippen LogP contribution in [-0.4, -0.2) is 30.7 Å². The maximum atomic E-state index is 12.6. The van der Waals surface area contributed by atoms with E-state index in [0.717, 1.165) is 16.7 Å². The van der Waals surface area contributed by atoms with Crippen molar-refractivity contribution in [2.75, 3.05) is 12.4 Å². The van der Waals surface area contributed by atoms with E-state index in [1.807, 2.05) is 18.2 Å². The highest BCUT2D eigenvalue weighted by atomic mass is 16.5. The van der Waals surface area contributed by atoms with Gasteiger partial charge in [0.25, 0.3) is 5.91 Å². The SMILES string of the molecule is CNC(=O)Oc1ccc2c(c1)C=C(C(=O)Nc1ccc(/C(C)=N/N=C(N)N)cc1)C2. The number of carbonyl (C=O) groups is 2. The van der Waals surface area contributed by atoms with Crippen molar-refractivity contribution in [1.29, 1.82) is 0 Å². The molecule has 0 fully saturated rings. The molecular formula is C21H22N6O3. The van der Waals surface area contributed by atoms with Gasteiger partial charge in [-0.15, -0.1) is 5.10 Å². The highest BCUT2D eigenvalue weighted by Crippen LogP contribution is 2.29. The predicted molar refractivity (Wildman–Crippen MR) is 116 cm³/mol.